The van der Waals surface area contributed by atoms with E-state index in [1.54, 1.807) is 25.3 Å². The zero-order chi connectivity index (χ0) is 13.2. The molecule has 2 aromatic heterocycles. The molecule has 0 N–H and O–H groups in total. The normalized spacial score (nSPS) is 10.6. The average molecular weight is 277 g/mol. The first-order valence-corrected chi connectivity index (χ1v) is 5.82. The predicted molar refractivity (Wildman–Crippen MR) is 68.9 cm³/mol. The monoisotopic (exact) mass is 276 g/mol. The molecule has 0 aliphatic heterocycles. The lowest BCUT2D eigenvalue weighted by Crippen LogP contribution is -1.98. The lowest BCUT2D eigenvalue weighted by molar-refractivity contribution is 0.405. The Hall–Kier alpha value is -2.34. The maximum Gasteiger partial charge on any atom is 0.256 e. The summed E-state index contributed by atoms with van der Waals surface area (Å²) in [6.45, 7) is 0. The average Bonchev–Trinajstić information content (AvgIpc) is 2.87. The van der Waals surface area contributed by atoms with Crippen molar-refractivity contribution in [3.8, 4) is 17.4 Å². The molecule has 0 bridgehead atoms. The largest absolute Gasteiger partial charge is 0.497 e. The van der Waals surface area contributed by atoms with E-state index in [-0.39, 0.29) is 0 Å². The standard InChI is InChI=1S/C12H9ClN4O2/c1-18-8-3-2-4-9(5-8)19-11-6-10(13)16-12-14-7-15-17(11)12/h2-7H,1H3. The van der Waals surface area contributed by atoms with Gasteiger partial charge in [0.25, 0.3) is 5.78 Å². The molecule has 96 valence electrons. The van der Waals surface area contributed by atoms with Crippen molar-refractivity contribution in [3.05, 3.63) is 41.8 Å². The van der Waals surface area contributed by atoms with E-state index in [9.17, 15) is 0 Å². The van der Waals surface area contributed by atoms with Crippen LogP contribution in [0.3, 0.4) is 0 Å². The first kappa shape index (κ1) is 11.7. The van der Waals surface area contributed by atoms with Gasteiger partial charge >= 0.3 is 0 Å². The molecule has 0 saturated heterocycles. The Morgan fingerprint density at radius 1 is 1.21 bits per heavy atom. The molecule has 0 radical (unpaired) electrons. The summed E-state index contributed by atoms with van der Waals surface area (Å²) in [6.07, 6.45) is 1.39. The number of fused-ring (bicyclic) bond motifs is 1. The fourth-order valence-electron chi connectivity index (χ4n) is 1.62. The number of nitrogens with zero attached hydrogens (tertiary/aromatic N) is 4. The highest BCUT2D eigenvalue weighted by molar-refractivity contribution is 6.29. The van der Waals surface area contributed by atoms with Gasteiger partial charge < -0.3 is 9.47 Å². The molecule has 0 unspecified atom stereocenters. The van der Waals surface area contributed by atoms with E-state index in [4.69, 9.17) is 21.1 Å². The van der Waals surface area contributed by atoms with E-state index in [1.807, 2.05) is 12.1 Å². The summed E-state index contributed by atoms with van der Waals surface area (Å²) >= 11 is 5.91. The van der Waals surface area contributed by atoms with Crippen LogP contribution in [0.5, 0.6) is 17.4 Å². The van der Waals surface area contributed by atoms with Crippen molar-refractivity contribution >= 4 is 17.4 Å². The van der Waals surface area contributed by atoms with E-state index in [0.29, 0.717) is 28.3 Å². The topological polar surface area (TPSA) is 61.5 Å². The van der Waals surface area contributed by atoms with Crippen LogP contribution < -0.4 is 9.47 Å². The third-order valence-corrected chi connectivity index (χ3v) is 2.65. The smallest absolute Gasteiger partial charge is 0.256 e. The summed E-state index contributed by atoms with van der Waals surface area (Å²) in [5.74, 6) is 2.12. The minimum Gasteiger partial charge on any atom is -0.497 e. The van der Waals surface area contributed by atoms with Crippen molar-refractivity contribution < 1.29 is 9.47 Å². The van der Waals surface area contributed by atoms with Crippen LogP contribution in [-0.2, 0) is 0 Å². The number of halogens is 1. The molecular formula is C12H9ClN4O2. The van der Waals surface area contributed by atoms with Crippen molar-refractivity contribution in [2.24, 2.45) is 0 Å². The number of hydrogen-bond donors (Lipinski definition) is 0. The molecule has 7 heteroatoms. The fourth-order valence-corrected chi connectivity index (χ4v) is 1.79. The molecule has 0 aliphatic rings. The van der Waals surface area contributed by atoms with Gasteiger partial charge in [-0.1, -0.05) is 17.7 Å². The fraction of sp³-hybridized carbons (Fsp3) is 0.0833. The van der Waals surface area contributed by atoms with Crippen LogP contribution in [0.2, 0.25) is 5.15 Å². The van der Waals surface area contributed by atoms with E-state index < -0.39 is 0 Å². The summed E-state index contributed by atoms with van der Waals surface area (Å²) in [6, 6.07) is 8.80. The van der Waals surface area contributed by atoms with Crippen LogP contribution in [0, 0.1) is 0 Å². The number of benzene rings is 1. The van der Waals surface area contributed by atoms with Gasteiger partial charge in [-0.25, -0.2) is 0 Å². The number of methoxy groups -OCH3 is 1. The second kappa shape index (κ2) is 4.74. The molecule has 0 aliphatic carbocycles. The quantitative estimate of drug-likeness (QED) is 0.688. The van der Waals surface area contributed by atoms with Crippen LogP contribution >= 0.6 is 11.6 Å². The molecule has 3 rings (SSSR count). The SMILES string of the molecule is COc1cccc(Oc2cc(Cl)nc3ncnn23)c1. The second-order valence-corrected chi connectivity index (χ2v) is 4.06. The van der Waals surface area contributed by atoms with E-state index in [2.05, 4.69) is 15.1 Å². The van der Waals surface area contributed by atoms with Crippen LogP contribution in [0.4, 0.5) is 0 Å². The Morgan fingerprint density at radius 3 is 2.89 bits per heavy atom. The highest BCUT2D eigenvalue weighted by Crippen LogP contribution is 2.26. The van der Waals surface area contributed by atoms with Crippen molar-refractivity contribution in [1.29, 1.82) is 0 Å². The lowest BCUT2D eigenvalue weighted by Gasteiger charge is -2.08. The van der Waals surface area contributed by atoms with Gasteiger partial charge in [-0.3, -0.25) is 0 Å². The molecule has 0 saturated carbocycles. The van der Waals surface area contributed by atoms with Gasteiger partial charge in [0.2, 0.25) is 5.88 Å². The van der Waals surface area contributed by atoms with Crippen LogP contribution in [0.25, 0.3) is 5.78 Å². The minimum absolute atomic E-state index is 0.290. The third-order valence-electron chi connectivity index (χ3n) is 2.45. The zero-order valence-electron chi connectivity index (χ0n) is 9.95. The van der Waals surface area contributed by atoms with Gasteiger partial charge in [0.15, 0.2) is 0 Å². The minimum atomic E-state index is 0.290. The molecule has 19 heavy (non-hydrogen) atoms. The Bertz CT molecular complexity index is 729. The van der Waals surface area contributed by atoms with Gasteiger partial charge in [-0.15, -0.1) is 0 Å². The van der Waals surface area contributed by atoms with Crippen molar-refractivity contribution in [3.63, 3.8) is 0 Å². The van der Waals surface area contributed by atoms with Crippen molar-refractivity contribution in [1.82, 2.24) is 19.6 Å². The van der Waals surface area contributed by atoms with Crippen molar-refractivity contribution in [2.75, 3.05) is 7.11 Å². The summed E-state index contributed by atoms with van der Waals surface area (Å²) in [5.41, 5.74) is 0. The van der Waals surface area contributed by atoms with Gasteiger partial charge in [0, 0.05) is 12.1 Å². The number of hydrogen-bond acceptors (Lipinski definition) is 5. The predicted octanol–water partition coefficient (Wildman–Crippen LogP) is 2.58. The highest BCUT2D eigenvalue weighted by Gasteiger charge is 2.09. The maximum atomic E-state index is 5.91. The Morgan fingerprint density at radius 2 is 2.05 bits per heavy atom. The van der Waals surface area contributed by atoms with Crippen LogP contribution in [0.1, 0.15) is 0 Å². The summed E-state index contributed by atoms with van der Waals surface area (Å²) < 4.78 is 12.3. The highest BCUT2D eigenvalue weighted by atomic mass is 35.5. The van der Waals surface area contributed by atoms with Gasteiger partial charge in [0.05, 0.1) is 7.11 Å². The molecule has 1 aromatic carbocycles. The molecule has 0 spiro atoms. The van der Waals surface area contributed by atoms with E-state index in [0.717, 1.165) is 0 Å². The zero-order valence-corrected chi connectivity index (χ0v) is 10.7. The van der Waals surface area contributed by atoms with Gasteiger partial charge in [-0.2, -0.15) is 19.6 Å². The van der Waals surface area contributed by atoms with Crippen LogP contribution in [-0.4, -0.2) is 26.7 Å². The molecular weight excluding hydrogens is 268 g/mol. The summed E-state index contributed by atoms with van der Waals surface area (Å²) in [4.78, 5) is 7.99. The van der Waals surface area contributed by atoms with E-state index >= 15 is 0 Å². The van der Waals surface area contributed by atoms with Gasteiger partial charge in [-0.05, 0) is 12.1 Å². The van der Waals surface area contributed by atoms with Gasteiger partial charge in [0.1, 0.15) is 23.0 Å². The third kappa shape index (κ3) is 2.30. The number of ether oxygens (including phenoxy) is 2. The molecule has 3 aromatic rings. The van der Waals surface area contributed by atoms with Crippen molar-refractivity contribution in [2.45, 2.75) is 0 Å². The number of aromatic nitrogens is 4. The summed E-state index contributed by atoms with van der Waals surface area (Å²) in [5, 5.41) is 4.32. The Labute approximate surface area is 113 Å². The lowest BCUT2D eigenvalue weighted by atomic mass is 10.3. The second-order valence-electron chi connectivity index (χ2n) is 3.67. The maximum absolute atomic E-state index is 5.91. The Kier molecular flexibility index (Phi) is 2.92. The first-order valence-electron chi connectivity index (χ1n) is 5.44. The summed E-state index contributed by atoms with van der Waals surface area (Å²) in [7, 11) is 1.60. The molecule has 2 heterocycles. The number of rotatable bonds is 3. The van der Waals surface area contributed by atoms with E-state index in [1.165, 1.54) is 10.8 Å². The molecule has 6 nitrogen and oxygen atoms in total. The molecule has 0 fully saturated rings. The first-order chi connectivity index (χ1) is 9.26. The van der Waals surface area contributed by atoms with Crippen LogP contribution in [0.15, 0.2) is 36.7 Å². The molecule has 0 atom stereocenters. The Balaban J connectivity index is 2.02. The molecule has 0 amide bonds.